The summed E-state index contributed by atoms with van der Waals surface area (Å²) in [7, 11) is 0. The van der Waals surface area contributed by atoms with Crippen molar-refractivity contribution in [1.29, 1.82) is 0 Å². The van der Waals surface area contributed by atoms with Crippen LogP contribution in [0, 0.1) is 17.8 Å². The van der Waals surface area contributed by atoms with Crippen LogP contribution in [0.25, 0.3) is 0 Å². The largest absolute Gasteiger partial charge is 0.381 e. The van der Waals surface area contributed by atoms with Crippen LogP contribution in [-0.2, 0) is 9.53 Å². The van der Waals surface area contributed by atoms with E-state index in [0.717, 1.165) is 31.8 Å². The first-order chi connectivity index (χ1) is 6.77. The molecule has 2 heteroatoms. The van der Waals surface area contributed by atoms with E-state index in [1.807, 2.05) is 0 Å². The van der Waals surface area contributed by atoms with Crippen LogP contribution in [0.5, 0.6) is 0 Å². The zero-order chi connectivity index (χ0) is 9.97. The Balaban J connectivity index is 1.85. The van der Waals surface area contributed by atoms with Crippen LogP contribution in [0.15, 0.2) is 0 Å². The first-order valence-electron chi connectivity index (χ1n) is 5.89. The molecule has 0 aromatic heterocycles. The first-order valence-corrected chi connectivity index (χ1v) is 5.89. The van der Waals surface area contributed by atoms with Crippen molar-refractivity contribution < 1.29 is 9.53 Å². The average molecular weight is 196 g/mol. The van der Waals surface area contributed by atoms with Crippen LogP contribution < -0.4 is 0 Å². The molecule has 1 aliphatic heterocycles. The monoisotopic (exact) mass is 196 g/mol. The summed E-state index contributed by atoms with van der Waals surface area (Å²) in [6, 6.07) is 0. The van der Waals surface area contributed by atoms with E-state index in [1.165, 1.54) is 12.8 Å². The lowest BCUT2D eigenvalue weighted by Gasteiger charge is -2.26. The molecule has 1 unspecified atom stereocenters. The van der Waals surface area contributed by atoms with Crippen LogP contribution in [-0.4, -0.2) is 19.0 Å². The fourth-order valence-electron chi connectivity index (χ4n) is 2.64. The van der Waals surface area contributed by atoms with Gasteiger partial charge in [0, 0.05) is 18.4 Å². The predicted octanol–water partition coefficient (Wildman–Crippen LogP) is 2.42. The molecule has 14 heavy (non-hydrogen) atoms. The summed E-state index contributed by atoms with van der Waals surface area (Å²) in [5.41, 5.74) is 0. The van der Waals surface area contributed by atoms with Crippen molar-refractivity contribution in [2.24, 2.45) is 17.8 Å². The van der Waals surface area contributed by atoms with Gasteiger partial charge in [-0.3, -0.25) is 4.79 Å². The van der Waals surface area contributed by atoms with Gasteiger partial charge in [0.25, 0.3) is 0 Å². The van der Waals surface area contributed by atoms with E-state index in [4.69, 9.17) is 4.74 Å². The molecule has 0 radical (unpaired) electrons. The molecular formula is C12H20O2. The second-order valence-corrected chi connectivity index (χ2v) is 4.92. The maximum atomic E-state index is 12.0. The number of ketones is 1. The van der Waals surface area contributed by atoms with Crippen molar-refractivity contribution in [2.45, 2.75) is 39.0 Å². The Morgan fingerprint density at radius 3 is 2.36 bits per heavy atom. The van der Waals surface area contributed by atoms with Crippen LogP contribution in [0.1, 0.15) is 39.0 Å². The maximum Gasteiger partial charge on any atom is 0.141 e. The van der Waals surface area contributed by atoms with Crippen LogP contribution >= 0.6 is 0 Å². The summed E-state index contributed by atoms with van der Waals surface area (Å²) >= 11 is 0. The van der Waals surface area contributed by atoms with Gasteiger partial charge in [-0.2, -0.15) is 0 Å². The van der Waals surface area contributed by atoms with E-state index in [9.17, 15) is 4.79 Å². The quantitative estimate of drug-likeness (QED) is 0.678. The third kappa shape index (κ3) is 2.17. The van der Waals surface area contributed by atoms with Crippen LogP contribution in [0.3, 0.4) is 0 Å². The summed E-state index contributed by atoms with van der Waals surface area (Å²) in [6.07, 6.45) is 5.69. The minimum atomic E-state index is 0.230. The van der Waals surface area contributed by atoms with Crippen molar-refractivity contribution in [1.82, 2.24) is 0 Å². The molecule has 2 nitrogen and oxygen atoms in total. The summed E-state index contributed by atoms with van der Waals surface area (Å²) in [5.74, 6) is 1.92. The predicted molar refractivity (Wildman–Crippen MR) is 55.1 cm³/mol. The van der Waals surface area contributed by atoms with Crippen molar-refractivity contribution in [3.05, 3.63) is 0 Å². The maximum absolute atomic E-state index is 12.0. The number of hydrogen-bond acceptors (Lipinski definition) is 2. The van der Waals surface area contributed by atoms with Crippen LogP contribution in [0.4, 0.5) is 0 Å². The molecule has 1 saturated carbocycles. The summed E-state index contributed by atoms with van der Waals surface area (Å²) < 4.78 is 5.27. The smallest absolute Gasteiger partial charge is 0.141 e. The molecule has 80 valence electrons. The van der Waals surface area contributed by atoms with E-state index in [0.29, 0.717) is 18.3 Å². The van der Waals surface area contributed by atoms with Gasteiger partial charge in [0.2, 0.25) is 0 Å². The molecule has 2 rings (SSSR count). The highest BCUT2D eigenvalue weighted by molar-refractivity contribution is 5.83. The highest BCUT2D eigenvalue weighted by atomic mass is 16.5. The van der Waals surface area contributed by atoms with E-state index in [2.05, 4.69) is 6.92 Å². The van der Waals surface area contributed by atoms with Crippen molar-refractivity contribution >= 4 is 5.78 Å². The van der Waals surface area contributed by atoms with E-state index in [-0.39, 0.29) is 5.92 Å². The topological polar surface area (TPSA) is 26.3 Å². The Bertz CT molecular complexity index is 198. The van der Waals surface area contributed by atoms with E-state index < -0.39 is 0 Å². The SMILES string of the molecule is CC1CCC(C(=O)C2CCOC2)CC1. The van der Waals surface area contributed by atoms with Gasteiger partial charge in [-0.1, -0.05) is 19.8 Å². The van der Waals surface area contributed by atoms with Gasteiger partial charge in [-0.05, 0) is 25.2 Å². The highest BCUT2D eigenvalue weighted by Gasteiger charge is 2.31. The number of Topliss-reactive ketones (excluding diaryl/α,β-unsaturated/α-hetero) is 1. The Labute approximate surface area is 86.0 Å². The number of rotatable bonds is 2. The first kappa shape index (κ1) is 10.2. The summed E-state index contributed by atoms with van der Waals surface area (Å²) in [6.45, 7) is 3.77. The molecule has 0 N–H and O–H groups in total. The number of carbonyl (C=O) groups excluding carboxylic acids is 1. The van der Waals surface area contributed by atoms with Gasteiger partial charge < -0.3 is 4.74 Å². The van der Waals surface area contributed by atoms with Gasteiger partial charge in [0.1, 0.15) is 5.78 Å². The van der Waals surface area contributed by atoms with Crippen molar-refractivity contribution in [3.8, 4) is 0 Å². The number of hydrogen-bond donors (Lipinski definition) is 0. The molecule has 0 aromatic carbocycles. The fraction of sp³-hybridized carbons (Fsp3) is 0.917. The summed E-state index contributed by atoms with van der Waals surface area (Å²) in [5, 5.41) is 0. The molecule has 1 heterocycles. The van der Waals surface area contributed by atoms with Gasteiger partial charge >= 0.3 is 0 Å². The Morgan fingerprint density at radius 1 is 1.07 bits per heavy atom. The molecule has 0 aromatic rings. The lowest BCUT2D eigenvalue weighted by molar-refractivity contribution is -0.128. The van der Waals surface area contributed by atoms with E-state index >= 15 is 0 Å². The zero-order valence-corrected chi connectivity index (χ0v) is 9.00. The Morgan fingerprint density at radius 2 is 1.79 bits per heavy atom. The van der Waals surface area contributed by atoms with Gasteiger partial charge in [0.15, 0.2) is 0 Å². The molecule has 0 spiro atoms. The fourth-order valence-corrected chi connectivity index (χ4v) is 2.64. The number of ether oxygens (including phenoxy) is 1. The van der Waals surface area contributed by atoms with Gasteiger partial charge in [-0.15, -0.1) is 0 Å². The third-order valence-corrected chi connectivity index (χ3v) is 3.75. The third-order valence-electron chi connectivity index (χ3n) is 3.75. The van der Waals surface area contributed by atoms with E-state index in [1.54, 1.807) is 0 Å². The minimum absolute atomic E-state index is 0.230. The Kier molecular flexibility index (Phi) is 3.22. The van der Waals surface area contributed by atoms with Crippen molar-refractivity contribution in [2.75, 3.05) is 13.2 Å². The lowest BCUT2D eigenvalue weighted by Crippen LogP contribution is -2.27. The van der Waals surface area contributed by atoms with Gasteiger partial charge in [-0.25, -0.2) is 0 Å². The van der Waals surface area contributed by atoms with Crippen LogP contribution in [0.2, 0.25) is 0 Å². The van der Waals surface area contributed by atoms with Crippen molar-refractivity contribution in [3.63, 3.8) is 0 Å². The molecule has 0 amide bonds. The molecular weight excluding hydrogens is 176 g/mol. The average Bonchev–Trinajstić information content (AvgIpc) is 2.71. The lowest BCUT2D eigenvalue weighted by atomic mass is 9.78. The van der Waals surface area contributed by atoms with Gasteiger partial charge in [0.05, 0.1) is 6.61 Å². The molecule has 1 aliphatic carbocycles. The molecule has 2 fully saturated rings. The summed E-state index contributed by atoms with van der Waals surface area (Å²) in [4.78, 5) is 12.0. The molecule has 1 saturated heterocycles. The minimum Gasteiger partial charge on any atom is -0.381 e. The zero-order valence-electron chi connectivity index (χ0n) is 9.00. The normalized spacial score (nSPS) is 38.5. The highest BCUT2D eigenvalue weighted by Crippen LogP contribution is 2.32. The standard InChI is InChI=1S/C12H20O2/c1-9-2-4-10(5-3-9)12(13)11-6-7-14-8-11/h9-11H,2-8H2,1H3. The second-order valence-electron chi connectivity index (χ2n) is 4.92. The molecule has 1 atom stereocenters. The molecule has 2 aliphatic rings. The molecule has 0 bridgehead atoms. The number of carbonyl (C=O) groups is 1. The Hall–Kier alpha value is -0.370. The second kappa shape index (κ2) is 4.43.